The summed E-state index contributed by atoms with van der Waals surface area (Å²) in [5.41, 5.74) is 0.748. The molecule has 24 heavy (non-hydrogen) atoms. The lowest BCUT2D eigenvalue weighted by Gasteiger charge is -2.10. The van der Waals surface area contributed by atoms with Crippen molar-refractivity contribution in [2.75, 3.05) is 32.6 Å². The van der Waals surface area contributed by atoms with E-state index >= 15 is 0 Å². The van der Waals surface area contributed by atoms with Gasteiger partial charge in [-0.25, -0.2) is 4.79 Å². The number of ether oxygens (including phenoxy) is 2. The summed E-state index contributed by atoms with van der Waals surface area (Å²) >= 11 is 1.08. The highest BCUT2D eigenvalue weighted by atomic mass is 32.1. The maximum atomic E-state index is 12.3. The zero-order chi connectivity index (χ0) is 17.9. The Morgan fingerprint density at radius 2 is 2.08 bits per heavy atom. The molecule has 2 heterocycles. The summed E-state index contributed by atoms with van der Waals surface area (Å²) in [5.74, 6) is -1.07. The fourth-order valence-corrected chi connectivity index (χ4v) is 3.65. The van der Waals surface area contributed by atoms with Crippen molar-refractivity contribution in [1.29, 1.82) is 0 Å². The molecule has 7 nitrogen and oxygen atoms in total. The van der Waals surface area contributed by atoms with E-state index in [0.717, 1.165) is 17.8 Å². The number of nitrogens with one attached hydrogen (secondary N) is 1. The Morgan fingerprint density at radius 3 is 2.62 bits per heavy atom. The summed E-state index contributed by atoms with van der Waals surface area (Å²) in [7, 11) is 3.27. The monoisotopic (exact) mass is 354 g/mol. The van der Waals surface area contributed by atoms with Crippen LogP contribution in [0.25, 0.3) is 0 Å². The highest BCUT2D eigenvalue weighted by Gasteiger charge is 2.30. The van der Waals surface area contributed by atoms with Crippen LogP contribution in [0.5, 0.6) is 0 Å². The van der Waals surface area contributed by atoms with E-state index in [4.69, 9.17) is 9.47 Å². The first kappa shape index (κ1) is 18.4. The van der Waals surface area contributed by atoms with Crippen molar-refractivity contribution in [2.24, 2.45) is 0 Å². The number of amides is 2. The summed E-state index contributed by atoms with van der Waals surface area (Å²) in [5, 5.41) is 3.06. The van der Waals surface area contributed by atoms with Crippen molar-refractivity contribution in [3.63, 3.8) is 0 Å². The molecule has 8 heteroatoms. The van der Waals surface area contributed by atoms with Gasteiger partial charge in [0.1, 0.15) is 11.1 Å². The van der Waals surface area contributed by atoms with Gasteiger partial charge < -0.3 is 19.7 Å². The Morgan fingerprint density at radius 1 is 1.38 bits per heavy atom. The second kappa shape index (κ2) is 7.76. The van der Waals surface area contributed by atoms with E-state index in [0.29, 0.717) is 28.5 Å². The molecule has 132 valence electrons. The number of esters is 1. The van der Waals surface area contributed by atoms with Crippen molar-refractivity contribution in [2.45, 2.75) is 32.8 Å². The quantitative estimate of drug-likeness (QED) is 0.818. The van der Waals surface area contributed by atoms with Gasteiger partial charge in [-0.2, -0.15) is 0 Å². The fourth-order valence-electron chi connectivity index (χ4n) is 2.43. The second-order valence-electron chi connectivity index (χ2n) is 5.67. The molecule has 1 atom stereocenters. The zero-order valence-corrected chi connectivity index (χ0v) is 15.1. The van der Waals surface area contributed by atoms with E-state index in [1.165, 1.54) is 4.90 Å². The Hall–Kier alpha value is -1.93. The maximum absolute atomic E-state index is 12.3. The molecule has 0 saturated carbocycles. The van der Waals surface area contributed by atoms with Crippen molar-refractivity contribution in [3.8, 4) is 0 Å². The number of thiophene rings is 1. The average molecular weight is 354 g/mol. The van der Waals surface area contributed by atoms with Crippen LogP contribution in [0.1, 0.15) is 45.4 Å². The molecule has 0 radical (unpaired) electrons. The normalized spacial score (nSPS) is 16.8. The minimum atomic E-state index is -0.549. The number of rotatable bonds is 5. The summed E-state index contributed by atoms with van der Waals surface area (Å²) < 4.78 is 10.4. The van der Waals surface area contributed by atoms with E-state index in [-0.39, 0.29) is 24.0 Å². The van der Waals surface area contributed by atoms with Crippen LogP contribution in [0.4, 0.5) is 5.00 Å². The summed E-state index contributed by atoms with van der Waals surface area (Å²) in [6.07, 6.45) is 0.959. The van der Waals surface area contributed by atoms with Crippen LogP contribution < -0.4 is 5.32 Å². The van der Waals surface area contributed by atoms with Crippen molar-refractivity contribution in [3.05, 3.63) is 16.0 Å². The van der Waals surface area contributed by atoms with Gasteiger partial charge in [-0.3, -0.25) is 9.59 Å². The predicted molar refractivity (Wildman–Crippen MR) is 90.6 cm³/mol. The van der Waals surface area contributed by atoms with Crippen LogP contribution in [0.15, 0.2) is 0 Å². The minimum Gasteiger partial charge on any atom is -0.462 e. The second-order valence-corrected chi connectivity index (χ2v) is 6.69. The molecule has 2 amide bonds. The van der Waals surface area contributed by atoms with Crippen LogP contribution in [0.2, 0.25) is 0 Å². The molecule has 0 aliphatic carbocycles. The van der Waals surface area contributed by atoms with E-state index in [9.17, 15) is 14.4 Å². The van der Waals surface area contributed by atoms with Gasteiger partial charge in [-0.1, -0.05) is 0 Å². The number of hydrogen-bond donors (Lipinski definition) is 1. The Bertz CT molecular complexity index is 647. The van der Waals surface area contributed by atoms with Crippen molar-refractivity contribution in [1.82, 2.24) is 4.90 Å². The third kappa shape index (κ3) is 3.76. The lowest BCUT2D eigenvalue weighted by atomic mass is 10.1. The topological polar surface area (TPSA) is 84.9 Å². The van der Waals surface area contributed by atoms with E-state index < -0.39 is 12.1 Å². The maximum Gasteiger partial charge on any atom is 0.341 e. The van der Waals surface area contributed by atoms with Gasteiger partial charge in [0, 0.05) is 20.7 Å². The molecular weight excluding hydrogens is 332 g/mol. The van der Waals surface area contributed by atoms with Crippen LogP contribution in [-0.4, -0.2) is 56.1 Å². The standard InChI is InChI=1S/C16H22N2O5S/c1-5-22-16(21)11-9(2)12(15(20)18(3)4)24-14(11)17-13(19)10-7-6-8-23-10/h10H,5-8H2,1-4H3,(H,17,19)/t10-/m1/s1. The van der Waals surface area contributed by atoms with Crippen molar-refractivity contribution < 1.29 is 23.9 Å². The lowest BCUT2D eigenvalue weighted by Crippen LogP contribution is -2.27. The molecule has 2 rings (SSSR count). The molecule has 0 spiro atoms. The SMILES string of the molecule is CCOC(=O)c1c(NC(=O)[C@H]2CCCO2)sc(C(=O)N(C)C)c1C. The van der Waals surface area contributed by atoms with Crippen LogP contribution >= 0.6 is 11.3 Å². The fraction of sp³-hybridized carbons (Fsp3) is 0.562. The largest absolute Gasteiger partial charge is 0.462 e. The van der Waals surface area contributed by atoms with Gasteiger partial charge in [0.25, 0.3) is 11.8 Å². The molecule has 1 aliphatic heterocycles. The lowest BCUT2D eigenvalue weighted by molar-refractivity contribution is -0.124. The third-order valence-corrected chi connectivity index (χ3v) is 4.88. The highest BCUT2D eigenvalue weighted by molar-refractivity contribution is 7.18. The minimum absolute atomic E-state index is 0.213. The molecule has 0 unspecified atom stereocenters. The van der Waals surface area contributed by atoms with Crippen LogP contribution in [0, 0.1) is 6.92 Å². The number of hydrogen-bond acceptors (Lipinski definition) is 6. The summed E-state index contributed by atoms with van der Waals surface area (Å²) in [6.45, 7) is 4.15. The number of nitrogens with zero attached hydrogens (tertiary/aromatic N) is 1. The molecule has 1 fully saturated rings. The predicted octanol–water partition coefficient (Wildman–Crippen LogP) is 2.05. The smallest absolute Gasteiger partial charge is 0.341 e. The Labute approximate surface area is 144 Å². The number of anilines is 1. The molecule has 1 N–H and O–H groups in total. The first-order valence-corrected chi connectivity index (χ1v) is 8.63. The van der Waals surface area contributed by atoms with Gasteiger partial charge in [-0.05, 0) is 32.3 Å². The van der Waals surface area contributed by atoms with Gasteiger partial charge in [0.05, 0.1) is 17.0 Å². The average Bonchev–Trinajstić information content (AvgIpc) is 3.15. The van der Waals surface area contributed by atoms with E-state index in [1.807, 2.05) is 0 Å². The highest BCUT2D eigenvalue weighted by Crippen LogP contribution is 2.34. The van der Waals surface area contributed by atoms with Gasteiger partial charge in [0.15, 0.2) is 0 Å². The Kier molecular flexibility index (Phi) is 5.95. The molecule has 0 bridgehead atoms. The van der Waals surface area contributed by atoms with E-state index in [2.05, 4.69) is 5.32 Å². The van der Waals surface area contributed by atoms with E-state index in [1.54, 1.807) is 27.9 Å². The Balaban J connectivity index is 2.36. The van der Waals surface area contributed by atoms with Crippen LogP contribution in [0.3, 0.4) is 0 Å². The molecule has 0 aromatic carbocycles. The number of carbonyl (C=O) groups excluding carboxylic acids is 3. The van der Waals surface area contributed by atoms with Gasteiger partial charge >= 0.3 is 5.97 Å². The summed E-state index contributed by atoms with van der Waals surface area (Å²) in [4.78, 5) is 38.7. The number of carbonyl (C=O) groups is 3. The van der Waals surface area contributed by atoms with Crippen molar-refractivity contribution >= 4 is 34.1 Å². The molecular formula is C16H22N2O5S. The van der Waals surface area contributed by atoms with Gasteiger partial charge in [0.2, 0.25) is 0 Å². The molecule has 1 aliphatic rings. The third-order valence-electron chi connectivity index (χ3n) is 3.69. The molecule has 1 aromatic heterocycles. The molecule has 1 saturated heterocycles. The van der Waals surface area contributed by atoms with Crippen LogP contribution in [-0.2, 0) is 14.3 Å². The first-order chi connectivity index (χ1) is 11.4. The zero-order valence-electron chi connectivity index (χ0n) is 14.3. The van der Waals surface area contributed by atoms with Gasteiger partial charge in [-0.15, -0.1) is 11.3 Å². The molecule has 1 aromatic rings. The summed E-state index contributed by atoms with van der Waals surface area (Å²) in [6, 6.07) is 0. The first-order valence-electron chi connectivity index (χ1n) is 7.81.